The van der Waals surface area contributed by atoms with E-state index in [1.165, 1.54) is 18.3 Å². The topological polar surface area (TPSA) is 58.1 Å². The van der Waals surface area contributed by atoms with Gasteiger partial charge in [-0.2, -0.15) is 13.2 Å². The van der Waals surface area contributed by atoms with Gasteiger partial charge < -0.3 is 10.2 Å². The van der Waals surface area contributed by atoms with E-state index >= 15 is 0 Å². The number of nitrogens with zero attached hydrogens (tertiary/aromatic N) is 3. The molecule has 2 heterocycles. The molecule has 1 aliphatic heterocycles. The second kappa shape index (κ2) is 7.72. The fourth-order valence-electron chi connectivity index (χ4n) is 3.01. The lowest BCUT2D eigenvalue weighted by Crippen LogP contribution is -2.35. The SMILES string of the molecule is CC1CCCN(c2nccc(C(=O)Nc3ccc(Cl)c(C(F)(F)F)c3)n2)C1. The van der Waals surface area contributed by atoms with E-state index < -0.39 is 22.7 Å². The minimum Gasteiger partial charge on any atom is -0.341 e. The van der Waals surface area contributed by atoms with Crippen LogP contribution in [0, 0.1) is 5.92 Å². The summed E-state index contributed by atoms with van der Waals surface area (Å²) in [6, 6.07) is 4.63. The van der Waals surface area contributed by atoms with Crippen LogP contribution in [0.15, 0.2) is 30.5 Å². The minimum absolute atomic E-state index is 0.0107. The molecular weight excluding hydrogens is 381 g/mol. The summed E-state index contributed by atoms with van der Waals surface area (Å²) in [5.41, 5.74) is -0.933. The lowest BCUT2D eigenvalue weighted by molar-refractivity contribution is -0.137. The number of hydrogen-bond acceptors (Lipinski definition) is 4. The van der Waals surface area contributed by atoms with Crippen molar-refractivity contribution in [2.75, 3.05) is 23.3 Å². The van der Waals surface area contributed by atoms with Gasteiger partial charge in [-0.05, 0) is 43.0 Å². The van der Waals surface area contributed by atoms with Crippen molar-refractivity contribution in [2.24, 2.45) is 5.92 Å². The van der Waals surface area contributed by atoms with Gasteiger partial charge in [-0.1, -0.05) is 18.5 Å². The van der Waals surface area contributed by atoms with Gasteiger partial charge in [0.1, 0.15) is 5.69 Å². The summed E-state index contributed by atoms with van der Waals surface area (Å²) >= 11 is 5.59. The van der Waals surface area contributed by atoms with Gasteiger partial charge in [-0.25, -0.2) is 9.97 Å². The van der Waals surface area contributed by atoms with Gasteiger partial charge in [0.15, 0.2) is 0 Å². The molecule has 1 N–H and O–H groups in total. The highest BCUT2D eigenvalue weighted by Gasteiger charge is 2.33. The maximum absolute atomic E-state index is 13.0. The summed E-state index contributed by atoms with van der Waals surface area (Å²) in [7, 11) is 0. The predicted molar refractivity (Wildman–Crippen MR) is 97.1 cm³/mol. The average Bonchev–Trinajstić information content (AvgIpc) is 2.62. The molecule has 5 nitrogen and oxygen atoms in total. The van der Waals surface area contributed by atoms with Gasteiger partial charge in [0.05, 0.1) is 10.6 Å². The molecule has 0 radical (unpaired) electrons. The molecule has 0 aliphatic carbocycles. The average molecular weight is 399 g/mol. The van der Waals surface area contributed by atoms with Crippen molar-refractivity contribution in [3.63, 3.8) is 0 Å². The molecule has 1 amide bonds. The summed E-state index contributed by atoms with van der Waals surface area (Å²) in [4.78, 5) is 22.9. The number of amides is 1. The van der Waals surface area contributed by atoms with Crippen molar-refractivity contribution in [2.45, 2.75) is 25.9 Å². The van der Waals surface area contributed by atoms with E-state index in [-0.39, 0.29) is 11.4 Å². The quantitative estimate of drug-likeness (QED) is 0.818. The zero-order valence-corrected chi connectivity index (χ0v) is 15.3. The van der Waals surface area contributed by atoms with Crippen molar-refractivity contribution in [1.82, 2.24) is 9.97 Å². The molecule has 1 unspecified atom stereocenters. The summed E-state index contributed by atoms with van der Waals surface area (Å²) in [5, 5.41) is 2.00. The third-order valence-corrected chi connectivity index (χ3v) is 4.67. The largest absolute Gasteiger partial charge is 0.417 e. The monoisotopic (exact) mass is 398 g/mol. The summed E-state index contributed by atoms with van der Waals surface area (Å²) < 4.78 is 38.9. The summed E-state index contributed by atoms with van der Waals surface area (Å²) in [6.45, 7) is 3.75. The number of anilines is 2. The van der Waals surface area contributed by atoms with Gasteiger partial charge in [-0.3, -0.25) is 4.79 Å². The van der Waals surface area contributed by atoms with E-state index in [0.29, 0.717) is 11.9 Å². The van der Waals surface area contributed by atoms with Crippen LogP contribution in [0.2, 0.25) is 5.02 Å². The number of nitrogens with one attached hydrogen (secondary N) is 1. The molecule has 2 aromatic rings. The molecule has 3 rings (SSSR count). The third kappa shape index (κ3) is 4.68. The maximum Gasteiger partial charge on any atom is 0.417 e. The van der Waals surface area contributed by atoms with Gasteiger partial charge in [0.2, 0.25) is 5.95 Å². The normalized spacial score (nSPS) is 17.7. The lowest BCUT2D eigenvalue weighted by Gasteiger charge is -2.30. The third-order valence-electron chi connectivity index (χ3n) is 4.34. The molecule has 0 bridgehead atoms. The van der Waals surface area contributed by atoms with Gasteiger partial charge in [-0.15, -0.1) is 0 Å². The Labute approximate surface area is 159 Å². The Kier molecular flexibility index (Phi) is 5.55. The van der Waals surface area contributed by atoms with Crippen LogP contribution in [0.4, 0.5) is 24.8 Å². The second-order valence-corrected chi connectivity index (χ2v) is 6.99. The fourth-order valence-corrected chi connectivity index (χ4v) is 3.24. The van der Waals surface area contributed by atoms with Crippen LogP contribution in [0.3, 0.4) is 0 Å². The van der Waals surface area contributed by atoms with Crippen molar-refractivity contribution < 1.29 is 18.0 Å². The molecule has 144 valence electrons. The first kappa shape index (κ1) is 19.4. The Bertz CT molecular complexity index is 844. The van der Waals surface area contributed by atoms with Crippen LogP contribution in [0.1, 0.15) is 35.8 Å². The van der Waals surface area contributed by atoms with E-state index in [2.05, 4.69) is 22.2 Å². The Balaban J connectivity index is 1.78. The highest BCUT2D eigenvalue weighted by atomic mass is 35.5. The smallest absolute Gasteiger partial charge is 0.341 e. The number of rotatable bonds is 3. The van der Waals surface area contributed by atoms with Crippen LogP contribution in [-0.2, 0) is 6.18 Å². The molecule has 1 saturated heterocycles. The number of carbonyl (C=O) groups excluding carboxylic acids is 1. The van der Waals surface area contributed by atoms with Gasteiger partial charge in [0, 0.05) is 25.0 Å². The first-order valence-electron chi connectivity index (χ1n) is 8.50. The van der Waals surface area contributed by atoms with Gasteiger partial charge >= 0.3 is 6.18 Å². The molecule has 1 atom stereocenters. The molecule has 0 spiro atoms. The highest BCUT2D eigenvalue weighted by Crippen LogP contribution is 2.36. The molecule has 0 saturated carbocycles. The predicted octanol–water partition coefficient (Wildman–Crippen LogP) is 4.64. The lowest BCUT2D eigenvalue weighted by atomic mass is 10.0. The Morgan fingerprint density at radius 2 is 2.11 bits per heavy atom. The molecule has 1 aromatic carbocycles. The number of carbonyl (C=O) groups is 1. The van der Waals surface area contributed by atoms with Crippen LogP contribution in [-0.4, -0.2) is 29.0 Å². The van der Waals surface area contributed by atoms with E-state index in [4.69, 9.17) is 11.6 Å². The zero-order valence-electron chi connectivity index (χ0n) is 14.6. The van der Waals surface area contributed by atoms with E-state index in [0.717, 1.165) is 38.1 Å². The summed E-state index contributed by atoms with van der Waals surface area (Å²) in [6.07, 6.45) is -0.981. The molecular formula is C18H18ClF3N4O. The zero-order chi connectivity index (χ0) is 19.6. The van der Waals surface area contributed by atoms with Crippen molar-refractivity contribution in [3.05, 3.63) is 46.7 Å². The molecule has 1 fully saturated rings. The molecule has 27 heavy (non-hydrogen) atoms. The van der Waals surface area contributed by atoms with Crippen molar-refractivity contribution in [3.8, 4) is 0 Å². The van der Waals surface area contributed by atoms with Crippen LogP contribution < -0.4 is 10.2 Å². The molecule has 1 aliphatic rings. The standard InChI is InChI=1S/C18H18ClF3N4O/c1-11-3-2-8-26(10-11)17-23-7-6-15(25-17)16(27)24-12-4-5-14(19)13(9-12)18(20,21)22/h4-7,9,11H,2-3,8,10H2,1H3,(H,24,27). The number of alkyl halides is 3. The Morgan fingerprint density at radius 1 is 1.33 bits per heavy atom. The molecule has 9 heteroatoms. The maximum atomic E-state index is 13.0. The van der Waals surface area contributed by atoms with Crippen LogP contribution >= 0.6 is 11.6 Å². The number of piperidine rings is 1. The van der Waals surface area contributed by atoms with E-state index in [1.54, 1.807) is 0 Å². The Morgan fingerprint density at radius 3 is 2.81 bits per heavy atom. The highest BCUT2D eigenvalue weighted by molar-refractivity contribution is 6.31. The summed E-state index contributed by atoms with van der Waals surface area (Å²) in [5.74, 6) is 0.343. The fraction of sp³-hybridized carbons (Fsp3) is 0.389. The van der Waals surface area contributed by atoms with Crippen LogP contribution in [0.5, 0.6) is 0 Å². The first-order valence-corrected chi connectivity index (χ1v) is 8.88. The number of halogens is 4. The second-order valence-electron chi connectivity index (χ2n) is 6.58. The van der Waals surface area contributed by atoms with Crippen LogP contribution in [0.25, 0.3) is 0 Å². The van der Waals surface area contributed by atoms with E-state index in [1.807, 2.05) is 4.90 Å². The number of aromatic nitrogens is 2. The number of benzene rings is 1. The minimum atomic E-state index is -4.61. The van der Waals surface area contributed by atoms with E-state index in [9.17, 15) is 18.0 Å². The van der Waals surface area contributed by atoms with Crippen molar-refractivity contribution in [1.29, 1.82) is 0 Å². The number of hydrogen-bond donors (Lipinski definition) is 1. The van der Waals surface area contributed by atoms with Gasteiger partial charge in [0.25, 0.3) is 5.91 Å². The Hall–Kier alpha value is -2.35. The molecule has 1 aromatic heterocycles. The van der Waals surface area contributed by atoms with Crippen molar-refractivity contribution >= 4 is 29.1 Å². The first-order chi connectivity index (χ1) is 12.7.